The second-order valence-electron chi connectivity index (χ2n) is 6.18. The molecule has 0 saturated carbocycles. The van der Waals surface area contributed by atoms with Crippen LogP contribution >= 0.6 is 0 Å². The maximum Gasteiger partial charge on any atom is 0.341 e. The van der Waals surface area contributed by atoms with Crippen LogP contribution in [0.5, 0.6) is 0 Å². The number of carbonyl (C=O) groups excluding carboxylic acids is 2. The highest BCUT2D eigenvalue weighted by molar-refractivity contribution is 6.11. The third-order valence-corrected chi connectivity index (χ3v) is 4.32. The van der Waals surface area contributed by atoms with Crippen LogP contribution in [-0.4, -0.2) is 23.3 Å². The summed E-state index contributed by atoms with van der Waals surface area (Å²) < 4.78 is 5.34. The first-order valence-electron chi connectivity index (χ1n) is 8.88. The molecule has 0 bridgehead atoms. The van der Waals surface area contributed by atoms with Gasteiger partial charge in [-0.2, -0.15) is 0 Å². The third-order valence-electron chi connectivity index (χ3n) is 4.32. The Kier molecular flexibility index (Phi) is 5.46. The summed E-state index contributed by atoms with van der Waals surface area (Å²) in [6, 6.07) is 18.9. The van der Waals surface area contributed by atoms with Gasteiger partial charge in [0.1, 0.15) is 0 Å². The van der Waals surface area contributed by atoms with Gasteiger partial charge in [-0.1, -0.05) is 60.7 Å². The van der Waals surface area contributed by atoms with Crippen molar-refractivity contribution in [3.63, 3.8) is 0 Å². The molecule has 0 fully saturated rings. The minimum Gasteiger partial charge on any atom is -0.462 e. The number of rotatable bonds is 5. The van der Waals surface area contributed by atoms with E-state index in [-0.39, 0.29) is 12.4 Å². The van der Waals surface area contributed by atoms with Crippen LogP contribution in [-0.2, 0) is 4.74 Å². The van der Waals surface area contributed by atoms with Crippen molar-refractivity contribution in [3.8, 4) is 22.4 Å². The monoisotopic (exact) mass is 359 g/mol. The molecule has 136 valence electrons. The molecule has 0 amide bonds. The quantitative estimate of drug-likeness (QED) is 0.469. The normalized spacial score (nSPS) is 10.5. The third kappa shape index (κ3) is 3.65. The lowest BCUT2D eigenvalue weighted by atomic mass is 9.89. The van der Waals surface area contributed by atoms with E-state index in [0.717, 1.165) is 11.1 Å². The van der Waals surface area contributed by atoms with Gasteiger partial charge in [-0.25, -0.2) is 4.79 Å². The molecule has 0 unspecified atom stereocenters. The predicted molar refractivity (Wildman–Crippen MR) is 106 cm³/mol. The van der Waals surface area contributed by atoms with Gasteiger partial charge in [0.2, 0.25) is 0 Å². The van der Waals surface area contributed by atoms with Crippen molar-refractivity contribution in [1.82, 2.24) is 4.98 Å². The predicted octanol–water partition coefficient (Wildman–Crippen LogP) is 5.10. The highest BCUT2D eigenvalue weighted by atomic mass is 16.5. The van der Waals surface area contributed by atoms with E-state index in [0.29, 0.717) is 28.1 Å². The number of Topliss-reactive ketones (excluding diaryl/α,β-unsaturated/α-hetero) is 1. The minimum absolute atomic E-state index is 0.135. The van der Waals surface area contributed by atoms with E-state index < -0.39 is 5.97 Å². The molecule has 0 saturated heterocycles. The number of hydrogen-bond donors (Lipinski definition) is 0. The van der Waals surface area contributed by atoms with E-state index in [1.54, 1.807) is 13.8 Å². The molecule has 4 nitrogen and oxygen atoms in total. The molecule has 1 aromatic heterocycles. The maximum atomic E-state index is 12.9. The molecule has 2 aromatic carbocycles. The molecule has 0 aliphatic carbocycles. The maximum absolute atomic E-state index is 12.9. The van der Waals surface area contributed by atoms with Gasteiger partial charge < -0.3 is 4.74 Å². The Bertz CT molecular complexity index is 980. The number of pyridine rings is 1. The zero-order valence-electron chi connectivity index (χ0n) is 15.7. The fourth-order valence-electron chi connectivity index (χ4n) is 3.24. The van der Waals surface area contributed by atoms with Crippen molar-refractivity contribution in [2.24, 2.45) is 0 Å². The molecule has 3 aromatic rings. The van der Waals surface area contributed by atoms with E-state index in [1.165, 1.54) is 6.92 Å². The van der Waals surface area contributed by atoms with Crippen LogP contribution in [0.15, 0.2) is 60.7 Å². The lowest BCUT2D eigenvalue weighted by Gasteiger charge is -2.18. The number of hydrogen-bond acceptors (Lipinski definition) is 4. The zero-order chi connectivity index (χ0) is 19.4. The van der Waals surface area contributed by atoms with Crippen molar-refractivity contribution in [2.45, 2.75) is 20.8 Å². The number of ether oxygens (including phenoxy) is 1. The SMILES string of the molecule is CCOC(=O)c1c(-c2ccccc2)nc(C)c(C(C)=O)c1-c1ccccc1. The lowest BCUT2D eigenvalue weighted by Crippen LogP contribution is -2.15. The average Bonchev–Trinajstić information content (AvgIpc) is 2.68. The largest absolute Gasteiger partial charge is 0.462 e. The average molecular weight is 359 g/mol. The van der Waals surface area contributed by atoms with Gasteiger partial charge in [0.15, 0.2) is 5.78 Å². The number of carbonyl (C=O) groups is 2. The van der Waals surface area contributed by atoms with Gasteiger partial charge in [0.05, 0.1) is 17.9 Å². The van der Waals surface area contributed by atoms with Crippen LogP contribution in [0, 0.1) is 6.92 Å². The molecule has 4 heteroatoms. The van der Waals surface area contributed by atoms with Gasteiger partial charge in [-0.3, -0.25) is 9.78 Å². The van der Waals surface area contributed by atoms with Crippen molar-refractivity contribution >= 4 is 11.8 Å². The van der Waals surface area contributed by atoms with Crippen LogP contribution in [0.2, 0.25) is 0 Å². The summed E-state index contributed by atoms with van der Waals surface area (Å²) in [6.07, 6.45) is 0. The van der Waals surface area contributed by atoms with Crippen LogP contribution in [0.3, 0.4) is 0 Å². The summed E-state index contributed by atoms with van der Waals surface area (Å²) >= 11 is 0. The summed E-state index contributed by atoms with van der Waals surface area (Å²) in [7, 11) is 0. The summed E-state index contributed by atoms with van der Waals surface area (Å²) in [5, 5.41) is 0. The first kappa shape index (κ1) is 18.5. The van der Waals surface area contributed by atoms with Gasteiger partial charge in [0.25, 0.3) is 0 Å². The van der Waals surface area contributed by atoms with E-state index in [4.69, 9.17) is 4.74 Å². The minimum atomic E-state index is -0.481. The fraction of sp³-hybridized carbons (Fsp3) is 0.174. The summed E-state index contributed by atoms with van der Waals surface area (Å²) in [4.78, 5) is 30.0. The van der Waals surface area contributed by atoms with E-state index in [2.05, 4.69) is 4.98 Å². The van der Waals surface area contributed by atoms with E-state index in [9.17, 15) is 9.59 Å². The molecule has 0 N–H and O–H groups in total. The molecule has 0 aliphatic rings. The van der Waals surface area contributed by atoms with E-state index in [1.807, 2.05) is 60.7 Å². The van der Waals surface area contributed by atoms with Crippen molar-refractivity contribution < 1.29 is 14.3 Å². The Hall–Kier alpha value is -3.27. The van der Waals surface area contributed by atoms with Crippen molar-refractivity contribution in [1.29, 1.82) is 0 Å². The number of ketones is 1. The van der Waals surface area contributed by atoms with Gasteiger partial charge in [0, 0.05) is 22.4 Å². The Morgan fingerprint density at radius 1 is 0.889 bits per heavy atom. The molecular weight excluding hydrogens is 338 g/mol. The number of esters is 1. The van der Waals surface area contributed by atoms with Crippen molar-refractivity contribution in [2.75, 3.05) is 6.61 Å². The Morgan fingerprint density at radius 3 is 1.96 bits per heavy atom. The van der Waals surface area contributed by atoms with Gasteiger partial charge in [-0.15, -0.1) is 0 Å². The van der Waals surface area contributed by atoms with Crippen LogP contribution in [0.1, 0.15) is 40.3 Å². The number of benzene rings is 2. The standard InChI is InChI=1S/C23H21NO3/c1-4-27-23(26)21-20(17-11-7-5-8-12-17)19(16(3)25)15(2)24-22(21)18-13-9-6-10-14-18/h5-14H,4H2,1-3H3. The molecule has 1 heterocycles. The van der Waals surface area contributed by atoms with Gasteiger partial charge in [-0.05, 0) is 26.3 Å². The summed E-state index contributed by atoms with van der Waals surface area (Å²) in [5.74, 6) is -0.616. The van der Waals surface area contributed by atoms with Crippen LogP contribution in [0.25, 0.3) is 22.4 Å². The molecule has 3 rings (SSSR count). The van der Waals surface area contributed by atoms with Gasteiger partial charge >= 0.3 is 5.97 Å². The molecule has 0 spiro atoms. The molecule has 0 atom stereocenters. The highest BCUT2D eigenvalue weighted by Crippen LogP contribution is 2.36. The van der Waals surface area contributed by atoms with E-state index >= 15 is 0 Å². The molecule has 0 aliphatic heterocycles. The first-order valence-corrected chi connectivity index (χ1v) is 8.88. The summed E-state index contributed by atoms with van der Waals surface area (Å²) in [6.45, 7) is 5.29. The zero-order valence-corrected chi connectivity index (χ0v) is 15.7. The van der Waals surface area contributed by atoms with Crippen LogP contribution in [0.4, 0.5) is 0 Å². The number of aryl methyl sites for hydroxylation is 1. The molecule has 0 radical (unpaired) electrons. The molecule has 27 heavy (non-hydrogen) atoms. The number of nitrogens with zero attached hydrogens (tertiary/aromatic N) is 1. The topological polar surface area (TPSA) is 56.3 Å². The Labute approximate surface area is 158 Å². The first-order chi connectivity index (χ1) is 13.0. The summed E-state index contributed by atoms with van der Waals surface area (Å²) in [5.41, 5.74) is 4.05. The lowest BCUT2D eigenvalue weighted by molar-refractivity contribution is 0.0528. The van der Waals surface area contributed by atoms with Crippen molar-refractivity contribution in [3.05, 3.63) is 77.5 Å². The Morgan fingerprint density at radius 2 is 1.44 bits per heavy atom. The second kappa shape index (κ2) is 7.96. The van der Waals surface area contributed by atoms with Crippen LogP contribution < -0.4 is 0 Å². The second-order valence-corrected chi connectivity index (χ2v) is 6.18. The fourth-order valence-corrected chi connectivity index (χ4v) is 3.24. The molecular formula is C23H21NO3. The smallest absolute Gasteiger partial charge is 0.341 e. The Balaban J connectivity index is 2.45. The number of aromatic nitrogens is 1. The highest BCUT2D eigenvalue weighted by Gasteiger charge is 2.27.